The number of rotatable bonds is 2. The lowest BCUT2D eigenvalue weighted by molar-refractivity contribution is 0.0750. The molecular formula is C23H20N6O3. The van der Waals surface area contributed by atoms with Crippen LogP contribution in [0.1, 0.15) is 21.5 Å². The molecule has 0 N–H and O–H groups in total. The van der Waals surface area contributed by atoms with Crippen LogP contribution in [0.2, 0.25) is 0 Å². The first-order chi connectivity index (χ1) is 15.6. The van der Waals surface area contributed by atoms with Crippen molar-refractivity contribution in [2.24, 2.45) is 7.05 Å². The topological polar surface area (TPSA) is 85.0 Å². The first-order valence-corrected chi connectivity index (χ1v) is 10.4. The number of anilines is 2. The Hall–Kier alpha value is -4.14. The lowest BCUT2D eigenvalue weighted by atomic mass is 10.1. The average molecular weight is 428 g/mol. The van der Waals surface area contributed by atoms with Gasteiger partial charge < -0.3 is 14.5 Å². The van der Waals surface area contributed by atoms with E-state index in [1.807, 2.05) is 34.1 Å². The molecule has 0 saturated carbocycles. The first-order valence-electron chi connectivity index (χ1n) is 10.4. The van der Waals surface area contributed by atoms with Crippen molar-refractivity contribution in [2.45, 2.75) is 13.1 Å². The van der Waals surface area contributed by atoms with E-state index in [9.17, 15) is 9.59 Å². The molecule has 0 saturated heterocycles. The third-order valence-corrected chi connectivity index (χ3v) is 6.00. The summed E-state index contributed by atoms with van der Waals surface area (Å²) in [4.78, 5) is 33.6. The van der Waals surface area contributed by atoms with Crippen LogP contribution in [0.3, 0.4) is 0 Å². The maximum atomic E-state index is 13.1. The van der Waals surface area contributed by atoms with E-state index in [2.05, 4.69) is 22.2 Å². The van der Waals surface area contributed by atoms with Crippen molar-refractivity contribution in [3.63, 3.8) is 0 Å². The molecule has 0 unspecified atom stereocenters. The molecule has 0 fully saturated rings. The molecule has 0 spiro atoms. The molecule has 2 aliphatic rings. The van der Waals surface area contributed by atoms with Gasteiger partial charge in [0, 0.05) is 44.3 Å². The molecule has 3 aromatic heterocycles. The maximum Gasteiger partial charge on any atom is 0.350 e. The number of fused-ring (bicyclic) bond motifs is 3. The van der Waals surface area contributed by atoms with Crippen LogP contribution in [0, 0.1) is 0 Å². The van der Waals surface area contributed by atoms with E-state index < -0.39 is 0 Å². The first kappa shape index (κ1) is 18.6. The fourth-order valence-corrected chi connectivity index (χ4v) is 4.36. The molecule has 0 aliphatic carbocycles. The van der Waals surface area contributed by atoms with Crippen LogP contribution in [-0.2, 0) is 20.1 Å². The van der Waals surface area contributed by atoms with Crippen LogP contribution >= 0.6 is 0 Å². The van der Waals surface area contributed by atoms with Gasteiger partial charge in [0.25, 0.3) is 5.91 Å². The van der Waals surface area contributed by atoms with E-state index in [0.29, 0.717) is 49.0 Å². The number of pyridine rings is 2. The minimum absolute atomic E-state index is 0.0634. The normalized spacial score (nSPS) is 14.9. The van der Waals surface area contributed by atoms with Gasteiger partial charge >= 0.3 is 5.69 Å². The highest BCUT2D eigenvalue weighted by molar-refractivity contribution is 5.95. The summed E-state index contributed by atoms with van der Waals surface area (Å²) < 4.78 is 8.65. The predicted molar refractivity (Wildman–Crippen MR) is 117 cm³/mol. The van der Waals surface area contributed by atoms with E-state index in [0.717, 1.165) is 5.69 Å². The SMILES string of the molecule is Cn1nc2cc(N3CCOc4cc(C(=O)N5Cc6ccccc6C5)cnc43)ccn2c1=O. The summed E-state index contributed by atoms with van der Waals surface area (Å²) in [6, 6.07) is 13.6. The molecule has 160 valence electrons. The highest BCUT2D eigenvalue weighted by Gasteiger charge is 2.27. The number of benzene rings is 1. The Balaban J connectivity index is 1.31. The Labute approximate surface area is 183 Å². The summed E-state index contributed by atoms with van der Waals surface area (Å²) in [5, 5.41) is 4.26. The monoisotopic (exact) mass is 428 g/mol. The van der Waals surface area contributed by atoms with Crippen LogP contribution in [0.4, 0.5) is 11.5 Å². The second-order valence-electron chi connectivity index (χ2n) is 8.00. The van der Waals surface area contributed by atoms with Gasteiger partial charge in [-0.2, -0.15) is 5.10 Å². The van der Waals surface area contributed by atoms with E-state index in [1.165, 1.54) is 20.2 Å². The summed E-state index contributed by atoms with van der Waals surface area (Å²) >= 11 is 0. The van der Waals surface area contributed by atoms with Crippen LogP contribution in [0.15, 0.2) is 59.7 Å². The van der Waals surface area contributed by atoms with Crippen molar-refractivity contribution in [2.75, 3.05) is 18.1 Å². The lowest BCUT2D eigenvalue weighted by Gasteiger charge is -2.30. The molecular weight excluding hydrogens is 408 g/mol. The Kier molecular flexibility index (Phi) is 4.04. The Morgan fingerprint density at radius 1 is 1.09 bits per heavy atom. The van der Waals surface area contributed by atoms with Crippen molar-refractivity contribution >= 4 is 23.1 Å². The number of nitrogens with zero attached hydrogens (tertiary/aromatic N) is 6. The smallest absolute Gasteiger partial charge is 0.350 e. The standard InChI is InChI=1S/C23H20N6O3/c1-26-23(31)29-7-6-18(11-20(29)25-26)28-8-9-32-19-10-17(12-24-21(19)28)22(30)27-13-15-4-2-3-5-16(15)14-27/h2-7,10-12H,8-9,13-14H2,1H3. The largest absolute Gasteiger partial charge is 0.488 e. The number of hydrogen-bond acceptors (Lipinski definition) is 6. The average Bonchev–Trinajstić information content (AvgIpc) is 3.38. The number of ether oxygens (including phenoxy) is 1. The summed E-state index contributed by atoms with van der Waals surface area (Å²) in [7, 11) is 1.62. The van der Waals surface area contributed by atoms with Crippen molar-refractivity contribution in [1.82, 2.24) is 24.1 Å². The molecule has 1 aromatic carbocycles. The van der Waals surface area contributed by atoms with E-state index in [-0.39, 0.29) is 11.6 Å². The molecule has 0 atom stereocenters. The van der Waals surface area contributed by atoms with Gasteiger partial charge in [-0.1, -0.05) is 24.3 Å². The summed E-state index contributed by atoms with van der Waals surface area (Å²) in [6.45, 7) is 2.26. The van der Waals surface area contributed by atoms with Gasteiger partial charge in [-0.25, -0.2) is 14.5 Å². The predicted octanol–water partition coefficient (Wildman–Crippen LogP) is 2.11. The molecule has 0 radical (unpaired) electrons. The van der Waals surface area contributed by atoms with E-state index in [1.54, 1.807) is 25.5 Å². The third-order valence-electron chi connectivity index (χ3n) is 6.00. The summed E-state index contributed by atoms with van der Waals surface area (Å²) in [5.41, 5.74) is 4.08. The van der Waals surface area contributed by atoms with Crippen molar-refractivity contribution in [3.8, 4) is 5.75 Å². The number of aryl methyl sites for hydroxylation is 1. The van der Waals surface area contributed by atoms with Gasteiger partial charge in [-0.15, -0.1) is 0 Å². The van der Waals surface area contributed by atoms with Crippen LogP contribution in [-0.4, -0.2) is 43.1 Å². The van der Waals surface area contributed by atoms with Gasteiger partial charge in [0.05, 0.1) is 12.1 Å². The third kappa shape index (κ3) is 2.85. The number of carbonyl (C=O) groups is 1. The second kappa shape index (κ2) is 6.94. The molecule has 4 aromatic rings. The quantitative estimate of drug-likeness (QED) is 0.486. The molecule has 1 amide bonds. The Bertz CT molecular complexity index is 1410. The van der Waals surface area contributed by atoms with Gasteiger partial charge in [-0.05, 0) is 23.3 Å². The minimum atomic E-state index is -0.195. The zero-order chi connectivity index (χ0) is 21.8. The Morgan fingerprint density at radius 2 is 1.88 bits per heavy atom. The van der Waals surface area contributed by atoms with Gasteiger partial charge in [-0.3, -0.25) is 9.20 Å². The van der Waals surface area contributed by atoms with E-state index in [4.69, 9.17) is 4.74 Å². The highest BCUT2D eigenvalue weighted by Crippen LogP contribution is 2.36. The molecule has 9 nitrogen and oxygen atoms in total. The van der Waals surface area contributed by atoms with Crippen molar-refractivity contribution in [3.05, 3.63) is 82.0 Å². The number of hydrogen-bond donors (Lipinski definition) is 0. The van der Waals surface area contributed by atoms with Crippen LogP contribution in [0.25, 0.3) is 5.65 Å². The summed E-state index contributed by atoms with van der Waals surface area (Å²) in [6.07, 6.45) is 3.31. The molecule has 5 heterocycles. The fraction of sp³-hybridized carbons (Fsp3) is 0.217. The highest BCUT2D eigenvalue weighted by atomic mass is 16.5. The molecule has 0 bridgehead atoms. The number of amides is 1. The maximum absolute atomic E-state index is 13.1. The van der Waals surface area contributed by atoms with Crippen LogP contribution in [0.5, 0.6) is 5.75 Å². The second-order valence-corrected chi connectivity index (χ2v) is 8.00. The Morgan fingerprint density at radius 3 is 2.66 bits per heavy atom. The number of carbonyl (C=O) groups excluding carboxylic acids is 1. The zero-order valence-electron chi connectivity index (χ0n) is 17.4. The number of aromatic nitrogens is 4. The molecule has 9 heteroatoms. The van der Waals surface area contributed by atoms with Crippen molar-refractivity contribution < 1.29 is 9.53 Å². The zero-order valence-corrected chi connectivity index (χ0v) is 17.4. The molecule has 2 aliphatic heterocycles. The van der Waals surface area contributed by atoms with E-state index >= 15 is 0 Å². The van der Waals surface area contributed by atoms with Crippen LogP contribution < -0.4 is 15.3 Å². The minimum Gasteiger partial charge on any atom is -0.488 e. The summed E-state index contributed by atoms with van der Waals surface area (Å²) in [5.74, 6) is 1.14. The van der Waals surface area contributed by atoms with Gasteiger partial charge in [0.1, 0.15) is 6.61 Å². The van der Waals surface area contributed by atoms with Gasteiger partial charge in [0.2, 0.25) is 0 Å². The molecule has 32 heavy (non-hydrogen) atoms. The van der Waals surface area contributed by atoms with Gasteiger partial charge in [0.15, 0.2) is 17.2 Å². The molecule has 6 rings (SSSR count). The lowest BCUT2D eigenvalue weighted by Crippen LogP contribution is -2.30. The fourth-order valence-electron chi connectivity index (χ4n) is 4.36. The van der Waals surface area contributed by atoms with Crippen molar-refractivity contribution in [1.29, 1.82) is 0 Å².